The number of carbonyl (C=O) groups is 1. The van der Waals surface area contributed by atoms with E-state index in [0.717, 1.165) is 24.6 Å². The first kappa shape index (κ1) is 18.5. The molecule has 1 saturated carbocycles. The third kappa shape index (κ3) is 5.09. The number of H-pyrrole nitrogens is 1. The van der Waals surface area contributed by atoms with Crippen molar-refractivity contribution in [1.29, 1.82) is 5.26 Å². The van der Waals surface area contributed by atoms with Gasteiger partial charge in [-0.15, -0.1) is 5.10 Å². The first-order valence-corrected chi connectivity index (χ1v) is 9.91. The Morgan fingerprint density at radius 3 is 2.81 bits per heavy atom. The lowest BCUT2D eigenvalue weighted by atomic mass is 10.0. The summed E-state index contributed by atoms with van der Waals surface area (Å²) in [5.41, 5.74) is 1.24. The summed E-state index contributed by atoms with van der Waals surface area (Å²) in [6.45, 7) is 1.83. The van der Waals surface area contributed by atoms with Gasteiger partial charge in [-0.2, -0.15) is 5.26 Å². The van der Waals surface area contributed by atoms with Crippen molar-refractivity contribution in [1.82, 2.24) is 15.2 Å². The molecule has 0 radical (unpaired) electrons. The van der Waals surface area contributed by atoms with Crippen LogP contribution in [-0.2, 0) is 11.2 Å². The fourth-order valence-electron chi connectivity index (χ4n) is 3.17. The number of aryl methyl sites for hydroxylation is 1. The second-order valence-electron chi connectivity index (χ2n) is 6.69. The largest absolute Gasteiger partial charge is 0.325 e. The molecule has 7 heteroatoms. The quantitative estimate of drug-likeness (QED) is 0.721. The number of nitriles is 1. The van der Waals surface area contributed by atoms with Gasteiger partial charge in [0.1, 0.15) is 5.82 Å². The molecule has 0 bridgehead atoms. The van der Waals surface area contributed by atoms with E-state index < -0.39 is 0 Å². The van der Waals surface area contributed by atoms with Crippen LogP contribution in [0.1, 0.15) is 50.4 Å². The number of carbonyl (C=O) groups excluding carboxylic acids is 1. The average Bonchev–Trinajstić information content (AvgIpc) is 3.32. The van der Waals surface area contributed by atoms with Gasteiger partial charge < -0.3 is 5.32 Å². The molecular weight excluding hydrogens is 346 g/mol. The van der Waals surface area contributed by atoms with Crippen LogP contribution in [0, 0.1) is 17.2 Å². The van der Waals surface area contributed by atoms with E-state index in [9.17, 15) is 4.79 Å². The van der Waals surface area contributed by atoms with Gasteiger partial charge in [0.25, 0.3) is 0 Å². The molecule has 0 saturated heterocycles. The second-order valence-corrected chi connectivity index (χ2v) is 8.00. The van der Waals surface area contributed by atoms with E-state index in [1.165, 1.54) is 37.4 Å². The lowest BCUT2D eigenvalue weighted by Gasteiger charge is -2.10. The molecule has 1 amide bonds. The first-order chi connectivity index (χ1) is 12.6. The van der Waals surface area contributed by atoms with Gasteiger partial charge in [-0.25, -0.2) is 4.98 Å². The molecule has 26 heavy (non-hydrogen) atoms. The summed E-state index contributed by atoms with van der Waals surface area (Å²) in [6, 6.07) is 8.86. The van der Waals surface area contributed by atoms with Crippen molar-refractivity contribution in [2.45, 2.75) is 55.9 Å². The minimum absolute atomic E-state index is 0.114. The number of aromatic amines is 1. The smallest absolute Gasteiger partial charge is 0.237 e. The van der Waals surface area contributed by atoms with E-state index in [-0.39, 0.29) is 11.2 Å². The van der Waals surface area contributed by atoms with Crippen molar-refractivity contribution < 1.29 is 4.79 Å². The van der Waals surface area contributed by atoms with Crippen molar-refractivity contribution in [3.63, 3.8) is 0 Å². The first-order valence-electron chi connectivity index (χ1n) is 9.03. The third-order valence-electron chi connectivity index (χ3n) is 4.71. The maximum absolute atomic E-state index is 12.3. The average molecular weight is 369 g/mol. The van der Waals surface area contributed by atoms with Crippen LogP contribution < -0.4 is 5.32 Å². The number of hydrogen-bond donors (Lipinski definition) is 2. The van der Waals surface area contributed by atoms with Crippen molar-refractivity contribution in [2.24, 2.45) is 5.92 Å². The van der Waals surface area contributed by atoms with Crippen LogP contribution in [0.2, 0.25) is 0 Å². The number of nitrogens with zero attached hydrogens (tertiary/aromatic N) is 3. The molecule has 1 fully saturated rings. The second kappa shape index (κ2) is 8.86. The highest BCUT2D eigenvalue weighted by atomic mass is 32.2. The SMILES string of the molecule is C[C@H](Sc1n[nH]c(CCC2CCCC2)n1)C(=O)Nc1ccc(C#N)cc1. The maximum Gasteiger partial charge on any atom is 0.237 e. The lowest BCUT2D eigenvalue weighted by molar-refractivity contribution is -0.115. The highest BCUT2D eigenvalue weighted by Gasteiger charge is 2.19. The summed E-state index contributed by atoms with van der Waals surface area (Å²) in [5, 5.41) is 19.2. The molecule has 0 spiro atoms. The number of rotatable bonds is 7. The third-order valence-corrected chi connectivity index (χ3v) is 5.67. The molecule has 1 aromatic carbocycles. The van der Waals surface area contributed by atoms with Crippen LogP contribution in [0.3, 0.4) is 0 Å². The standard InChI is InChI=1S/C19H23N5OS/c1-13(18(25)21-16-9-6-15(12-20)7-10-16)26-19-22-17(23-24-19)11-8-14-4-2-3-5-14/h6-7,9-10,13-14H,2-5,8,11H2,1H3,(H,21,25)(H,22,23,24)/t13-/m0/s1. The Kier molecular flexibility index (Phi) is 6.29. The van der Waals surface area contributed by atoms with Gasteiger partial charge in [0.2, 0.25) is 11.1 Å². The minimum Gasteiger partial charge on any atom is -0.325 e. The van der Waals surface area contributed by atoms with Gasteiger partial charge in [-0.05, 0) is 43.5 Å². The Labute approximate surface area is 157 Å². The number of hydrogen-bond acceptors (Lipinski definition) is 5. The predicted molar refractivity (Wildman–Crippen MR) is 102 cm³/mol. The van der Waals surface area contributed by atoms with Gasteiger partial charge in [-0.1, -0.05) is 37.4 Å². The number of thioether (sulfide) groups is 1. The molecular formula is C19H23N5OS. The molecule has 0 unspecified atom stereocenters. The number of anilines is 1. The summed E-state index contributed by atoms with van der Waals surface area (Å²) < 4.78 is 0. The van der Waals surface area contributed by atoms with Gasteiger partial charge in [0, 0.05) is 12.1 Å². The van der Waals surface area contributed by atoms with Gasteiger partial charge in [-0.3, -0.25) is 9.89 Å². The summed E-state index contributed by atoms with van der Waals surface area (Å²) in [5.74, 6) is 1.62. The monoisotopic (exact) mass is 369 g/mol. The fraction of sp³-hybridized carbons (Fsp3) is 0.474. The zero-order valence-corrected chi connectivity index (χ0v) is 15.7. The molecule has 0 aliphatic heterocycles. The molecule has 2 aromatic rings. The Balaban J connectivity index is 1.48. The van der Waals surface area contributed by atoms with Crippen molar-refractivity contribution in [3.05, 3.63) is 35.7 Å². The van der Waals surface area contributed by atoms with E-state index in [1.54, 1.807) is 24.3 Å². The van der Waals surface area contributed by atoms with Gasteiger partial charge >= 0.3 is 0 Å². The maximum atomic E-state index is 12.3. The number of nitrogens with one attached hydrogen (secondary N) is 2. The Hall–Kier alpha value is -2.33. The summed E-state index contributed by atoms with van der Waals surface area (Å²) >= 11 is 1.34. The fourth-order valence-corrected chi connectivity index (χ4v) is 3.91. The van der Waals surface area contributed by atoms with E-state index in [1.807, 2.05) is 6.92 Å². The summed E-state index contributed by atoms with van der Waals surface area (Å²) in [7, 11) is 0. The highest BCUT2D eigenvalue weighted by molar-refractivity contribution is 8.00. The van der Waals surface area contributed by atoms with Crippen LogP contribution in [0.4, 0.5) is 5.69 Å². The van der Waals surface area contributed by atoms with Crippen LogP contribution in [0.15, 0.2) is 29.4 Å². The van der Waals surface area contributed by atoms with Crippen LogP contribution >= 0.6 is 11.8 Å². The van der Waals surface area contributed by atoms with Crippen molar-refractivity contribution in [3.8, 4) is 6.07 Å². The van der Waals surface area contributed by atoms with E-state index in [2.05, 4.69) is 26.6 Å². The zero-order valence-electron chi connectivity index (χ0n) is 14.9. The molecule has 3 rings (SSSR count). The molecule has 1 atom stereocenters. The van der Waals surface area contributed by atoms with Crippen LogP contribution in [-0.4, -0.2) is 26.3 Å². The van der Waals surface area contributed by atoms with Gasteiger partial charge in [0.05, 0.1) is 16.9 Å². The van der Waals surface area contributed by atoms with E-state index in [4.69, 9.17) is 5.26 Å². The Morgan fingerprint density at radius 1 is 1.38 bits per heavy atom. The Morgan fingerprint density at radius 2 is 2.12 bits per heavy atom. The molecule has 1 heterocycles. The van der Waals surface area contributed by atoms with Gasteiger partial charge in [0.15, 0.2) is 0 Å². The number of benzene rings is 1. The highest BCUT2D eigenvalue weighted by Crippen LogP contribution is 2.28. The summed E-state index contributed by atoms with van der Waals surface area (Å²) in [6.07, 6.45) is 7.46. The summed E-state index contributed by atoms with van der Waals surface area (Å²) in [4.78, 5) is 16.8. The molecule has 2 N–H and O–H groups in total. The minimum atomic E-state index is -0.316. The van der Waals surface area contributed by atoms with Crippen molar-refractivity contribution >= 4 is 23.4 Å². The molecule has 6 nitrogen and oxygen atoms in total. The zero-order chi connectivity index (χ0) is 18.4. The predicted octanol–water partition coefficient (Wildman–Crippen LogP) is 3.92. The molecule has 1 aliphatic rings. The van der Waals surface area contributed by atoms with Crippen LogP contribution in [0.5, 0.6) is 0 Å². The van der Waals surface area contributed by atoms with Crippen molar-refractivity contribution in [2.75, 3.05) is 5.32 Å². The topological polar surface area (TPSA) is 94.5 Å². The van der Waals surface area contributed by atoms with Crippen LogP contribution in [0.25, 0.3) is 0 Å². The molecule has 136 valence electrons. The molecule has 1 aliphatic carbocycles. The van der Waals surface area contributed by atoms with E-state index >= 15 is 0 Å². The molecule has 1 aromatic heterocycles. The normalized spacial score (nSPS) is 15.5. The Bertz CT molecular complexity index is 774. The number of aromatic nitrogens is 3. The number of amides is 1. The lowest BCUT2D eigenvalue weighted by Crippen LogP contribution is -2.22. The van der Waals surface area contributed by atoms with E-state index in [0.29, 0.717) is 16.4 Å².